The molecule has 2 N–H and O–H groups in total. The molecule has 11 heteroatoms. The smallest absolute Gasteiger partial charge is 0.270 e. The minimum absolute atomic E-state index is 0.0293. The Morgan fingerprint density at radius 3 is 2.42 bits per heavy atom. The lowest BCUT2D eigenvalue weighted by Gasteiger charge is -2.15. The number of ether oxygens (including phenoxy) is 3. The third kappa shape index (κ3) is 5.15. The second-order valence-corrected chi connectivity index (χ2v) is 9.75. The van der Waals surface area contributed by atoms with Crippen molar-refractivity contribution in [2.24, 2.45) is 0 Å². The topological polar surface area (TPSA) is 129 Å². The summed E-state index contributed by atoms with van der Waals surface area (Å²) in [6, 6.07) is 10.1. The molecule has 1 heterocycles. The average Bonchev–Trinajstić information content (AvgIpc) is 3.64. The van der Waals surface area contributed by atoms with E-state index in [1.807, 2.05) is 12.1 Å². The van der Waals surface area contributed by atoms with E-state index < -0.39 is 10.0 Å². The normalized spacial score (nSPS) is 13.1. The molecule has 0 spiro atoms. The number of carbonyl (C=O) groups excluding carboxylic acids is 1. The fraction of sp³-hybridized carbons (Fsp3) is 0.280. The average molecular weight is 514 g/mol. The third-order valence-electron chi connectivity index (χ3n) is 5.75. The molecule has 1 amide bonds. The number of hydrogen-bond donors (Lipinski definition) is 2. The molecule has 1 fully saturated rings. The molecule has 1 aliphatic carbocycles. The van der Waals surface area contributed by atoms with Crippen LogP contribution in [0.1, 0.15) is 29.9 Å². The fourth-order valence-corrected chi connectivity index (χ4v) is 5.20. The Labute approximate surface area is 209 Å². The van der Waals surface area contributed by atoms with Crippen LogP contribution in [0, 0.1) is 0 Å². The Kier molecular flexibility index (Phi) is 7.20. The van der Waals surface area contributed by atoms with Crippen LogP contribution < -0.4 is 24.2 Å². The van der Waals surface area contributed by atoms with Gasteiger partial charge in [-0.15, -0.1) is 0 Å². The zero-order valence-electron chi connectivity index (χ0n) is 20.2. The lowest BCUT2D eigenvalue weighted by molar-refractivity contribution is -0.116. The Bertz CT molecular complexity index is 1370. The quantitative estimate of drug-likeness (QED) is 0.370. The number of anilines is 1. The summed E-state index contributed by atoms with van der Waals surface area (Å²) in [4.78, 5) is 11.6. The molecule has 1 saturated carbocycles. The van der Waals surface area contributed by atoms with Crippen molar-refractivity contribution in [2.75, 3.05) is 26.1 Å². The molecule has 1 aliphatic rings. The number of hydrogen-bond acceptors (Lipinski definition) is 8. The van der Waals surface area contributed by atoms with E-state index in [2.05, 4.69) is 21.8 Å². The summed E-state index contributed by atoms with van der Waals surface area (Å²) in [5.74, 6) is 1.10. The number of sulfonamides is 1. The zero-order chi connectivity index (χ0) is 25.9. The molecule has 0 saturated heterocycles. The summed E-state index contributed by atoms with van der Waals surface area (Å²) in [5, 5.41) is 6.68. The van der Waals surface area contributed by atoms with Crippen molar-refractivity contribution in [3.63, 3.8) is 0 Å². The highest BCUT2D eigenvalue weighted by molar-refractivity contribution is 7.93. The number of carbonyl (C=O) groups is 1. The van der Waals surface area contributed by atoms with Gasteiger partial charge in [0.05, 0.1) is 26.9 Å². The van der Waals surface area contributed by atoms with E-state index in [1.54, 1.807) is 6.07 Å². The Balaban J connectivity index is 1.70. The van der Waals surface area contributed by atoms with Gasteiger partial charge in [0, 0.05) is 18.2 Å². The number of nitrogens with zero attached hydrogens (tertiary/aromatic N) is 1. The van der Waals surface area contributed by atoms with Gasteiger partial charge in [0.1, 0.15) is 17.2 Å². The van der Waals surface area contributed by atoms with E-state index in [0.29, 0.717) is 23.0 Å². The van der Waals surface area contributed by atoms with Gasteiger partial charge in [-0.1, -0.05) is 17.8 Å². The molecule has 4 rings (SSSR count). The molecule has 10 nitrogen and oxygen atoms in total. The van der Waals surface area contributed by atoms with Crippen molar-refractivity contribution in [2.45, 2.75) is 30.2 Å². The van der Waals surface area contributed by atoms with Crippen molar-refractivity contribution in [3.05, 3.63) is 60.2 Å². The highest BCUT2D eigenvalue weighted by Gasteiger charge is 2.29. The number of aromatic nitrogens is 1. The van der Waals surface area contributed by atoms with Gasteiger partial charge in [-0.25, -0.2) is 8.42 Å². The molecule has 1 aromatic heterocycles. The Morgan fingerprint density at radius 2 is 1.83 bits per heavy atom. The van der Waals surface area contributed by atoms with Crippen LogP contribution >= 0.6 is 0 Å². The van der Waals surface area contributed by atoms with Gasteiger partial charge in [0.15, 0.2) is 16.5 Å². The van der Waals surface area contributed by atoms with Gasteiger partial charge in [-0.3, -0.25) is 9.52 Å². The Morgan fingerprint density at radius 1 is 1.14 bits per heavy atom. The molecule has 0 unspecified atom stereocenters. The molecule has 190 valence electrons. The van der Waals surface area contributed by atoms with Crippen LogP contribution in [0.15, 0.2) is 58.5 Å². The van der Waals surface area contributed by atoms with E-state index >= 15 is 0 Å². The zero-order valence-corrected chi connectivity index (χ0v) is 21.0. The highest BCUT2D eigenvalue weighted by atomic mass is 32.2. The summed E-state index contributed by atoms with van der Waals surface area (Å²) >= 11 is 0. The minimum atomic E-state index is -4.13. The summed E-state index contributed by atoms with van der Waals surface area (Å²) in [6.07, 6.45) is 3.32. The SMILES string of the molecule is C=CC(=O)NCc1cc(C2CC2)cc(-c2cc(NS(=O)(=O)c3c(OC)cccc3OC)no2)c1OC. The van der Waals surface area contributed by atoms with E-state index in [9.17, 15) is 13.2 Å². The number of rotatable bonds is 11. The molecular formula is C25H27N3O7S. The number of nitrogens with one attached hydrogen (secondary N) is 2. The van der Waals surface area contributed by atoms with Crippen molar-refractivity contribution >= 4 is 21.7 Å². The Hall–Kier alpha value is -3.99. The van der Waals surface area contributed by atoms with Crippen LogP contribution in [0.3, 0.4) is 0 Å². The fourth-order valence-electron chi connectivity index (χ4n) is 3.90. The van der Waals surface area contributed by atoms with E-state index in [0.717, 1.165) is 24.0 Å². The first-order chi connectivity index (χ1) is 17.3. The lowest BCUT2D eigenvalue weighted by atomic mass is 9.99. The van der Waals surface area contributed by atoms with Crippen LogP contribution in [-0.2, 0) is 21.4 Å². The van der Waals surface area contributed by atoms with E-state index in [4.69, 9.17) is 18.7 Å². The van der Waals surface area contributed by atoms with Gasteiger partial charge in [0.2, 0.25) is 5.91 Å². The van der Waals surface area contributed by atoms with Crippen molar-refractivity contribution in [1.82, 2.24) is 10.5 Å². The van der Waals surface area contributed by atoms with Crippen LogP contribution in [0.2, 0.25) is 0 Å². The van der Waals surface area contributed by atoms with Crippen molar-refractivity contribution in [3.8, 4) is 28.6 Å². The summed E-state index contributed by atoms with van der Waals surface area (Å²) in [7, 11) is 0.124. The van der Waals surface area contributed by atoms with Crippen LogP contribution in [0.25, 0.3) is 11.3 Å². The number of methoxy groups -OCH3 is 3. The highest BCUT2D eigenvalue weighted by Crippen LogP contribution is 2.45. The van der Waals surface area contributed by atoms with Crippen LogP contribution in [-0.4, -0.2) is 40.8 Å². The standard InChI is InChI=1S/C25H27N3O7S/c1-5-23(29)26-14-17-11-16(15-9-10-15)12-18(24(17)34-4)21-13-22(27-35-21)28-36(30,31)25-19(32-2)7-6-8-20(25)33-3/h5-8,11-13,15H,1,9-10,14H2,2-4H3,(H,26,29)(H,27,28). The predicted molar refractivity (Wildman–Crippen MR) is 133 cm³/mol. The molecule has 0 radical (unpaired) electrons. The predicted octanol–water partition coefficient (Wildman–Crippen LogP) is 3.85. The minimum Gasteiger partial charge on any atom is -0.496 e. The second kappa shape index (κ2) is 10.3. The van der Waals surface area contributed by atoms with Gasteiger partial charge in [0.25, 0.3) is 10.0 Å². The molecule has 0 atom stereocenters. The molecule has 0 aliphatic heterocycles. The molecular weight excluding hydrogens is 486 g/mol. The van der Waals surface area contributed by atoms with Crippen LogP contribution in [0.5, 0.6) is 17.2 Å². The first-order valence-electron chi connectivity index (χ1n) is 11.1. The molecule has 36 heavy (non-hydrogen) atoms. The van der Waals surface area contributed by atoms with Gasteiger partial charge < -0.3 is 24.1 Å². The second-order valence-electron chi connectivity index (χ2n) is 8.13. The third-order valence-corrected chi connectivity index (χ3v) is 7.16. The summed E-state index contributed by atoms with van der Waals surface area (Å²) in [5.41, 5.74) is 2.42. The van der Waals surface area contributed by atoms with E-state index in [1.165, 1.54) is 45.6 Å². The number of amides is 1. The maximum absolute atomic E-state index is 13.2. The van der Waals surface area contributed by atoms with E-state index in [-0.39, 0.29) is 34.7 Å². The van der Waals surface area contributed by atoms with Crippen molar-refractivity contribution in [1.29, 1.82) is 0 Å². The van der Waals surface area contributed by atoms with Crippen molar-refractivity contribution < 1.29 is 31.9 Å². The largest absolute Gasteiger partial charge is 0.496 e. The first-order valence-corrected chi connectivity index (χ1v) is 12.6. The van der Waals surface area contributed by atoms with Gasteiger partial charge in [-0.05, 0) is 54.7 Å². The number of benzene rings is 2. The molecule has 3 aromatic rings. The molecule has 0 bridgehead atoms. The maximum Gasteiger partial charge on any atom is 0.270 e. The van der Waals surface area contributed by atoms with Crippen LogP contribution in [0.4, 0.5) is 5.82 Å². The van der Waals surface area contributed by atoms with Gasteiger partial charge >= 0.3 is 0 Å². The lowest BCUT2D eigenvalue weighted by Crippen LogP contribution is -2.20. The monoisotopic (exact) mass is 513 g/mol. The van der Waals surface area contributed by atoms with Gasteiger partial charge in [-0.2, -0.15) is 0 Å². The summed E-state index contributed by atoms with van der Waals surface area (Å²) in [6.45, 7) is 3.70. The molecule has 2 aromatic carbocycles. The first kappa shape index (κ1) is 25.1. The maximum atomic E-state index is 13.2. The summed E-state index contributed by atoms with van der Waals surface area (Å²) < 4.78 is 50.4.